The lowest BCUT2D eigenvalue weighted by Crippen LogP contribution is -2.03. The van der Waals surface area contributed by atoms with Crippen molar-refractivity contribution in [1.82, 2.24) is 4.98 Å². The van der Waals surface area contributed by atoms with Crippen molar-refractivity contribution in [1.29, 1.82) is 0 Å². The van der Waals surface area contributed by atoms with Crippen LogP contribution in [0.4, 0.5) is 0 Å². The molecular formula is C18H16INO2. The van der Waals surface area contributed by atoms with E-state index in [1.165, 1.54) is 0 Å². The maximum absolute atomic E-state index is 5.82. The minimum atomic E-state index is 0.585. The van der Waals surface area contributed by atoms with E-state index in [9.17, 15) is 0 Å². The fraction of sp³-hybridized carbons (Fsp3) is 0.167. The van der Waals surface area contributed by atoms with Gasteiger partial charge in [-0.3, -0.25) is 0 Å². The van der Waals surface area contributed by atoms with E-state index in [0.717, 1.165) is 32.8 Å². The highest BCUT2D eigenvalue weighted by Gasteiger charge is 2.11. The van der Waals surface area contributed by atoms with Crippen LogP contribution in [0.1, 0.15) is 11.5 Å². The van der Waals surface area contributed by atoms with Crippen LogP contribution in [0.3, 0.4) is 0 Å². The molecule has 0 unspecified atom stereocenters. The topological polar surface area (TPSA) is 35.3 Å². The Morgan fingerprint density at radius 2 is 1.77 bits per heavy atom. The Morgan fingerprint density at radius 1 is 1.05 bits per heavy atom. The number of benzene rings is 2. The minimum Gasteiger partial charge on any atom is -0.492 e. The van der Waals surface area contributed by atoms with Crippen LogP contribution >= 0.6 is 22.6 Å². The van der Waals surface area contributed by atoms with E-state index in [1.54, 1.807) is 0 Å². The van der Waals surface area contributed by atoms with Crippen LogP contribution < -0.4 is 4.74 Å². The van der Waals surface area contributed by atoms with Gasteiger partial charge in [0.15, 0.2) is 0 Å². The number of ether oxygens (including phenoxy) is 1. The summed E-state index contributed by atoms with van der Waals surface area (Å²) in [5.74, 6) is 2.43. The van der Waals surface area contributed by atoms with Crippen LogP contribution in [0.25, 0.3) is 11.5 Å². The molecule has 0 aliphatic carbocycles. The second kappa shape index (κ2) is 6.96. The Labute approximate surface area is 143 Å². The number of aryl methyl sites for hydroxylation is 1. The summed E-state index contributed by atoms with van der Waals surface area (Å²) in [7, 11) is 0. The molecule has 0 saturated heterocycles. The first-order valence-corrected chi connectivity index (χ1v) is 8.21. The van der Waals surface area contributed by atoms with Gasteiger partial charge < -0.3 is 9.15 Å². The summed E-state index contributed by atoms with van der Waals surface area (Å²) in [6.07, 6.45) is 0.729. The van der Waals surface area contributed by atoms with E-state index < -0.39 is 0 Å². The molecule has 0 saturated carbocycles. The van der Waals surface area contributed by atoms with E-state index >= 15 is 0 Å². The lowest BCUT2D eigenvalue weighted by atomic mass is 10.2. The van der Waals surface area contributed by atoms with Gasteiger partial charge in [-0.05, 0) is 53.8 Å². The summed E-state index contributed by atoms with van der Waals surface area (Å²) >= 11 is 2.27. The third-order valence-corrected chi connectivity index (χ3v) is 4.24. The molecular weight excluding hydrogens is 389 g/mol. The summed E-state index contributed by atoms with van der Waals surface area (Å²) in [5, 5.41) is 0. The van der Waals surface area contributed by atoms with E-state index in [4.69, 9.17) is 9.15 Å². The van der Waals surface area contributed by atoms with Gasteiger partial charge in [0.05, 0.1) is 15.9 Å². The van der Waals surface area contributed by atoms with Crippen molar-refractivity contribution in [3.8, 4) is 17.2 Å². The van der Waals surface area contributed by atoms with Crippen LogP contribution in [0, 0.1) is 10.5 Å². The Bertz CT molecular complexity index is 753. The monoisotopic (exact) mass is 405 g/mol. The maximum Gasteiger partial charge on any atom is 0.226 e. The molecule has 4 heteroatoms. The Kier molecular flexibility index (Phi) is 4.77. The molecule has 112 valence electrons. The summed E-state index contributed by atoms with van der Waals surface area (Å²) < 4.78 is 12.7. The molecule has 0 aliphatic rings. The molecule has 0 amide bonds. The second-order valence-electron chi connectivity index (χ2n) is 4.92. The van der Waals surface area contributed by atoms with Crippen molar-refractivity contribution in [2.75, 3.05) is 6.61 Å². The summed E-state index contributed by atoms with van der Waals surface area (Å²) in [4.78, 5) is 4.59. The lowest BCUT2D eigenvalue weighted by Gasteiger charge is -2.06. The molecule has 3 rings (SSSR count). The lowest BCUT2D eigenvalue weighted by molar-refractivity contribution is 0.317. The molecule has 0 bridgehead atoms. The molecule has 1 heterocycles. The summed E-state index contributed by atoms with van der Waals surface area (Å²) in [6, 6.07) is 17.9. The highest BCUT2D eigenvalue weighted by Crippen LogP contribution is 2.23. The van der Waals surface area contributed by atoms with Gasteiger partial charge in [-0.1, -0.05) is 30.3 Å². The predicted molar refractivity (Wildman–Crippen MR) is 95.0 cm³/mol. The SMILES string of the molecule is Cc1oc(-c2ccccc2)nc1CCOc1ccccc1I. The number of nitrogens with zero attached hydrogens (tertiary/aromatic N) is 1. The molecule has 2 aromatic carbocycles. The summed E-state index contributed by atoms with van der Waals surface area (Å²) in [6.45, 7) is 2.53. The van der Waals surface area contributed by atoms with Gasteiger partial charge in [0.1, 0.15) is 11.5 Å². The molecule has 0 atom stereocenters. The van der Waals surface area contributed by atoms with Crippen LogP contribution in [0.5, 0.6) is 5.75 Å². The predicted octanol–water partition coefficient (Wildman–Crippen LogP) is 4.88. The van der Waals surface area contributed by atoms with Gasteiger partial charge in [0.2, 0.25) is 5.89 Å². The fourth-order valence-corrected chi connectivity index (χ4v) is 2.73. The average Bonchev–Trinajstić information content (AvgIpc) is 2.91. The zero-order valence-electron chi connectivity index (χ0n) is 12.3. The standard InChI is InChI=1S/C18H16INO2/c1-13-16(11-12-21-17-10-6-5-9-15(17)19)20-18(22-13)14-7-3-2-4-8-14/h2-10H,11-12H2,1H3. The normalized spacial score (nSPS) is 10.6. The van der Waals surface area contributed by atoms with Crippen LogP contribution in [0.2, 0.25) is 0 Å². The van der Waals surface area contributed by atoms with Gasteiger partial charge in [0.25, 0.3) is 0 Å². The van der Waals surface area contributed by atoms with Crippen molar-refractivity contribution < 1.29 is 9.15 Å². The number of rotatable bonds is 5. The Hall–Kier alpha value is -1.82. The molecule has 0 fully saturated rings. The first kappa shape index (κ1) is 15.1. The third kappa shape index (κ3) is 3.50. The highest BCUT2D eigenvalue weighted by atomic mass is 127. The molecule has 1 aromatic heterocycles. The number of para-hydroxylation sites is 1. The maximum atomic E-state index is 5.82. The quantitative estimate of drug-likeness (QED) is 0.568. The zero-order chi connectivity index (χ0) is 15.4. The van der Waals surface area contributed by atoms with E-state index in [1.807, 2.05) is 61.5 Å². The fourth-order valence-electron chi connectivity index (χ4n) is 2.18. The molecule has 0 radical (unpaired) electrons. The Morgan fingerprint density at radius 3 is 2.55 bits per heavy atom. The number of hydrogen-bond acceptors (Lipinski definition) is 3. The number of halogens is 1. The van der Waals surface area contributed by atoms with Crippen molar-refractivity contribution in [3.63, 3.8) is 0 Å². The van der Waals surface area contributed by atoms with E-state index in [2.05, 4.69) is 27.6 Å². The van der Waals surface area contributed by atoms with Crippen molar-refractivity contribution in [3.05, 3.63) is 69.6 Å². The van der Waals surface area contributed by atoms with E-state index in [-0.39, 0.29) is 0 Å². The minimum absolute atomic E-state index is 0.585. The van der Waals surface area contributed by atoms with Gasteiger partial charge in [-0.15, -0.1) is 0 Å². The molecule has 0 spiro atoms. The largest absolute Gasteiger partial charge is 0.492 e. The van der Waals surface area contributed by atoms with Crippen LogP contribution in [-0.2, 0) is 6.42 Å². The molecule has 3 aromatic rings. The van der Waals surface area contributed by atoms with Gasteiger partial charge in [-0.25, -0.2) is 4.98 Å². The molecule has 3 nitrogen and oxygen atoms in total. The third-order valence-electron chi connectivity index (χ3n) is 3.35. The molecule has 0 aliphatic heterocycles. The highest BCUT2D eigenvalue weighted by molar-refractivity contribution is 14.1. The smallest absolute Gasteiger partial charge is 0.226 e. The van der Waals surface area contributed by atoms with Crippen LogP contribution in [0.15, 0.2) is 59.0 Å². The van der Waals surface area contributed by atoms with Crippen molar-refractivity contribution in [2.24, 2.45) is 0 Å². The molecule has 0 N–H and O–H groups in total. The number of hydrogen-bond donors (Lipinski definition) is 0. The first-order chi connectivity index (χ1) is 10.7. The number of oxazole rings is 1. The van der Waals surface area contributed by atoms with E-state index in [0.29, 0.717) is 12.5 Å². The first-order valence-electron chi connectivity index (χ1n) is 7.13. The van der Waals surface area contributed by atoms with Gasteiger partial charge in [-0.2, -0.15) is 0 Å². The average molecular weight is 405 g/mol. The zero-order valence-corrected chi connectivity index (χ0v) is 14.4. The second-order valence-corrected chi connectivity index (χ2v) is 6.08. The van der Waals surface area contributed by atoms with Crippen molar-refractivity contribution >= 4 is 22.6 Å². The van der Waals surface area contributed by atoms with Crippen LogP contribution in [-0.4, -0.2) is 11.6 Å². The number of aromatic nitrogens is 1. The van der Waals surface area contributed by atoms with Gasteiger partial charge in [0, 0.05) is 12.0 Å². The van der Waals surface area contributed by atoms with Gasteiger partial charge >= 0.3 is 0 Å². The van der Waals surface area contributed by atoms with Crippen molar-refractivity contribution in [2.45, 2.75) is 13.3 Å². The summed E-state index contributed by atoms with van der Waals surface area (Å²) in [5.41, 5.74) is 1.94. The Balaban J connectivity index is 1.66. The molecule has 22 heavy (non-hydrogen) atoms.